The Morgan fingerprint density at radius 3 is 2.38 bits per heavy atom. The molecule has 2 heterocycles. The molecule has 7 nitrogen and oxygen atoms in total. The van der Waals surface area contributed by atoms with Crippen molar-refractivity contribution in [2.45, 2.75) is 46.6 Å². The summed E-state index contributed by atoms with van der Waals surface area (Å²) in [6.45, 7) is 9.15. The van der Waals surface area contributed by atoms with Crippen molar-refractivity contribution >= 4 is 17.3 Å². The van der Waals surface area contributed by atoms with Crippen LogP contribution in [0.25, 0.3) is 16.7 Å². The van der Waals surface area contributed by atoms with Gasteiger partial charge in [-0.25, -0.2) is 4.79 Å². The summed E-state index contributed by atoms with van der Waals surface area (Å²) in [6, 6.07) is 13.2. The molecule has 1 N–H and O–H groups in total. The Balaban J connectivity index is 1.80. The molecule has 1 aliphatic carbocycles. The molecular weight excluding hydrogens is 430 g/mol. The van der Waals surface area contributed by atoms with E-state index in [4.69, 9.17) is 9.26 Å². The average molecular weight is 456 g/mol. The third-order valence-corrected chi connectivity index (χ3v) is 6.17. The second-order valence-corrected chi connectivity index (χ2v) is 8.88. The molecule has 5 rings (SSSR count). The first kappa shape index (κ1) is 21.8. The molecule has 1 unspecified atom stereocenters. The van der Waals surface area contributed by atoms with Crippen LogP contribution in [0, 0.1) is 6.92 Å². The van der Waals surface area contributed by atoms with Gasteiger partial charge in [-0.1, -0.05) is 47.6 Å². The van der Waals surface area contributed by atoms with Crippen LogP contribution < -0.4 is 5.32 Å². The highest BCUT2D eigenvalue weighted by Crippen LogP contribution is 2.49. The zero-order valence-corrected chi connectivity index (χ0v) is 19.7. The highest BCUT2D eigenvalue weighted by atomic mass is 16.5. The molecule has 0 spiro atoms. The molecule has 2 aromatic carbocycles. The summed E-state index contributed by atoms with van der Waals surface area (Å²) >= 11 is 0. The van der Waals surface area contributed by atoms with E-state index in [0.717, 1.165) is 22.4 Å². The average Bonchev–Trinajstić information content (AvgIpc) is 3.34. The molecule has 7 heteroatoms. The van der Waals surface area contributed by atoms with Crippen molar-refractivity contribution in [1.29, 1.82) is 0 Å². The van der Waals surface area contributed by atoms with E-state index in [1.807, 2.05) is 70.2 Å². The van der Waals surface area contributed by atoms with E-state index in [1.54, 1.807) is 6.92 Å². The maximum Gasteiger partial charge on any atom is 0.337 e. The van der Waals surface area contributed by atoms with Crippen LogP contribution >= 0.6 is 0 Å². The normalized spacial score (nSPS) is 17.1. The Kier molecular flexibility index (Phi) is 5.20. The molecule has 0 fully saturated rings. The Hall–Kier alpha value is -4.00. The van der Waals surface area contributed by atoms with Crippen molar-refractivity contribution in [2.75, 3.05) is 0 Å². The van der Waals surface area contributed by atoms with E-state index in [0.29, 0.717) is 39.7 Å². The molecule has 1 aliphatic heterocycles. The fourth-order valence-electron chi connectivity index (χ4n) is 4.89. The van der Waals surface area contributed by atoms with Crippen molar-refractivity contribution < 1.29 is 18.8 Å². The van der Waals surface area contributed by atoms with E-state index in [2.05, 4.69) is 15.5 Å². The van der Waals surface area contributed by atoms with Crippen LogP contribution in [0.1, 0.15) is 66.8 Å². The Bertz CT molecular complexity index is 1410. The van der Waals surface area contributed by atoms with Gasteiger partial charge >= 0.3 is 5.97 Å². The van der Waals surface area contributed by atoms with Gasteiger partial charge in [-0.3, -0.25) is 4.79 Å². The molecule has 172 valence electrons. The number of allylic oxidation sites excluding steroid dienone is 3. The maximum atomic E-state index is 13.4. The lowest BCUT2D eigenvalue weighted by Gasteiger charge is -2.31. The number of carbonyl (C=O) groups excluding carboxylic acids is 2. The summed E-state index contributed by atoms with van der Waals surface area (Å²) in [4.78, 5) is 31.1. The predicted molar refractivity (Wildman–Crippen MR) is 127 cm³/mol. The molecule has 2 aliphatic rings. The smallest absolute Gasteiger partial charge is 0.337 e. The SMILES string of the molecule is CC1=C(C(=O)OC(C)C)C(c2cccc3c2-c2ccccc2C3=O)C(c2nc(C)no2)=C(C)N1. The molecule has 1 atom stereocenters. The third kappa shape index (κ3) is 3.36. The molecule has 0 bridgehead atoms. The Morgan fingerprint density at radius 1 is 1.00 bits per heavy atom. The lowest BCUT2D eigenvalue weighted by Crippen LogP contribution is -2.30. The van der Waals surface area contributed by atoms with Crippen LogP contribution in [-0.2, 0) is 9.53 Å². The molecule has 1 aromatic heterocycles. The minimum absolute atomic E-state index is 0.0238. The van der Waals surface area contributed by atoms with E-state index in [1.165, 1.54) is 0 Å². The maximum absolute atomic E-state index is 13.4. The van der Waals surface area contributed by atoms with Crippen LogP contribution in [0.15, 0.2) is 64.0 Å². The highest BCUT2D eigenvalue weighted by Gasteiger charge is 2.40. The van der Waals surface area contributed by atoms with Crippen molar-refractivity contribution in [1.82, 2.24) is 15.5 Å². The van der Waals surface area contributed by atoms with Crippen molar-refractivity contribution in [3.05, 3.63) is 87.8 Å². The number of benzene rings is 2. The molecule has 0 amide bonds. The van der Waals surface area contributed by atoms with Gasteiger partial charge in [-0.2, -0.15) is 4.98 Å². The summed E-state index contributed by atoms with van der Waals surface area (Å²) in [5.74, 6) is -0.206. The number of nitrogens with one attached hydrogen (secondary N) is 1. The van der Waals surface area contributed by atoms with Gasteiger partial charge in [0, 0.05) is 28.1 Å². The van der Waals surface area contributed by atoms with Crippen molar-refractivity contribution in [3.63, 3.8) is 0 Å². The first-order valence-electron chi connectivity index (χ1n) is 11.2. The first-order valence-corrected chi connectivity index (χ1v) is 11.2. The number of fused-ring (bicyclic) bond motifs is 3. The predicted octanol–water partition coefficient (Wildman–Crippen LogP) is 4.93. The van der Waals surface area contributed by atoms with Crippen LogP contribution in [0.2, 0.25) is 0 Å². The Morgan fingerprint density at radius 2 is 1.71 bits per heavy atom. The van der Waals surface area contributed by atoms with Crippen molar-refractivity contribution in [3.8, 4) is 11.1 Å². The largest absolute Gasteiger partial charge is 0.460 e. The molecule has 3 aromatic rings. The zero-order chi connectivity index (χ0) is 24.1. The zero-order valence-electron chi connectivity index (χ0n) is 19.7. The van der Waals surface area contributed by atoms with Crippen LogP contribution in [0.3, 0.4) is 0 Å². The van der Waals surface area contributed by atoms with Gasteiger partial charge in [0.15, 0.2) is 11.6 Å². The summed E-state index contributed by atoms with van der Waals surface area (Å²) in [7, 11) is 0. The minimum Gasteiger partial charge on any atom is -0.460 e. The molecule has 0 radical (unpaired) electrons. The number of ether oxygens (including phenoxy) is 1. The lowest BCUT2D eigenvalue weighted by atomic mass is 9.77. The first-order chi connectivity index (χ1) is 16.3. The minimum atomic E-state index is -0.568. The molecule has 0 saturated heterocycles. The highest BCUT2D eigenvalue weighted by molar-refractivity contribution is 6.22. The lowest BCUT2D eigenvalue weighted by molar-refractivity contribution is -0.142. The number of aromatic nitrogens is 2. The molecular formula is C27H25N3O4. The van der Waals surface area contributed by atoms with Gasteiger partial charge in [0.1, 0.15) is 0 Å². The number of rotatable bonds is 4. The summed E-state index contributed by atoms with van der Waals surface area (Å²) in [6.07, 6.45) is -0.293. The quantitative estimate of drug-likeness (QED) is 0.436. The summed E-state index contributed by atoms with van der Waals surface area (Å²) < 4.78 is 11.2. The van der Waals surface area contributed by atoms with Gasteiger partial charge in [-0.05, 0) is 51.3 Å². The standard InChI is InChI=1S/C27H25N3O4/c1-13(2)33-27(32)22-15(4)28-14(3)21(26-29-16(5)30-34-26)24(22)19-11-8-12-20-23(19)17-9-6-7-10-18(17)25(20)31/h6-13,24,28H,1-5H3. The van der Waals surface area contributed by atoms with E-state index in [9.17, 15) is 9.59 Å². The van der Waals surface area contributed by atoms with E-state index >= 15 is 0 Å². The molecule has 0 saturated carbocycles. The molecule has 34 heavy (non-hydrogen) atoms. The van der Waals surface area contributed by atoms with E-state index < -0.39 is 11.9 Å². The van der Waals surface area contributed by atoms with Crippen LogP contribution in [-0.4, -0.2) is 28.0 Å². The fraction of sp³-hybridized carbons (Fsp3) is 0.259. The fourth-order valence-corrected chi connectivity index (χ4v) is 4.89. The number of carbonyl (C=O) groups is 2. The van der Waals surface area contributed by atoms with Gasteiger partial charge in [0.05, 0.1) is 17.6 Å². The summed E-state index contributed by atoms with van der Waals surface area (Å²) in [5, 5.41) is 7.28. The number of aryl methyl sites for hydroxylation is 1. The van der Waals surface area contributed by atoms with Crippen LogP contribution in [0.4, 0.5) is 0 Å². The number of esters is 1. The van der Waals surface area contributed by atoms with E-state index in [-0.39, 0.29) is 11.9 Å². The van der Waals surface area contributed by atoms with Gasteiger partial charge in [-0.15, -0.1) is 0 Å². The topological polar surface area (TPSA) is 94.3 Å². The number of nitrogens with zero attached hydrogens (tertiary/aromatic N) is 2. The number of hydrogen-bond acceptors (Lipinski definition) is 7. The number of hydrogen-bond donors (Lipinski definition) is 1. The summed E-state index contributed by atoms with van der Waals surface area (Å²) in [5.41, 5.74) is 6.38. The second kappa shape index (κ2) is 8.09. The van der Waals surface area contributed by atoms with Gasteiger partial charge in [0.25, 0.3) is 5.89 Å². The number of dihydropyridines is 1. The van der Waals surface area contributed by atoms with Crippen molar-refractivity contribution in [2.24, 2.45) is 0 Å². The van der Waals surface area contributed by atoms with Crippen LogP contribution in [0.5, 0.6) is 0 Å². The Labute approximate surface area is 197 Å². The second-order valence-electron chi connectivity index (χ2n) is 8.88. The van der Waals surface area contributed by atoms with Gasteiger partial charge < -0.3 is 14.6 Å². The number of ketones is 1. The monoisotopic (exact) mass is 455 g/mol. The van der Waals surface area contributed by atoms with Gasteiger partial charge in [0.2, 0.25) is 0 Å². The third-order valence-electron chi connectivity index (χ3n) is 6.17.